The van der Waals surface area contributed by atoms with Crippen LogP contribution in [0.1, 0.15) is 20.8 Å². The number of hydrogen-bond acceptors (Lipinski definition) is 9. The van der Waals surface area contributed by atoms with Crippen LogP contribution in [0.15, 0.2) is 11.1 Å². The molecule has 0 aromatic heterocycles. The van der Waals surface area contributed by atoms with Gasteiger partial charge in [-0.2, -0.15) is 0 Å². The molecule has 3 aliphatic heterocycles. The normalized spacial score (nSPS) is 56.6. The van der Waals surface area contributed by atoms with Crippen LogP contribution < -0.4 is 0 Å². The first-order valence-corrected chi connectivity index (χ1v) is 9.10. The number of aliphatic hydroxyl groups excluding tert-OH is 4. The van der Waals surface area contributed by atoms with Gasteiger partial charge in [-0.25, -0.2) is 4.79 Å². The lowest BCUT2D eigenvalue weighted by Crippen LogP contribution is -2.66. The maximum atomic E-state index is 12.7. The number of fused-ring (bicyclic) bond motifs is 3. The topological polar surface area (TPSA) is 146 Å². The Labute approximate surface area is 154 Å². The predicted octanol–water partition coefficient (Wildman–Crippen LogP) is -1.98. The highest BCUT2D eigenvalue weighted by Crippen LogP contribution is 2.69. The van der Waals surface area contributed by atoms with Gasteiger partial charge in [0.25, 0.3) is 0 Å². The fourth-order valence-electron chi connectivity index (χ4n) is 6.14. The third-order valence-corrected chi connectivity index (χ3v) is 7.35. The van der Waals surface area contributed by atoms with E-state index in [1.165, 1.54) is 6.92 Å². The number of epoxide rings is 1. The molecule has 148 valence electrons. The Bertz CT molecular complexity index is 790. The van der Waals surface area contributed by atoms with E-state index < -0.39 is 77.5 Å². The Hall–Kier alpha value is -1.52. The van der Waals surface area contributed by atoms with Crippen molar-refractivity contribution < 1.29 is 44.2 Å². The third kappa shape index (κ3) is 1.73. The van der Waals surface area contributed by atoms with Gasteiger partial charge in [0.2, 0.25) is 0 Å². The first-order valence-electron chi connectivity index (χ1n) is 9.10. The minimum atomic E-state index is -1.66. The molecule has 2 saturated heterocycles. The van der Waals surface area contributed by atoms with E-state index >= 15 is 0 Å². The van der Waals surface area contributed by atoms with Crippen molar-refractivity contribution in [1.29, 1.82) is 0 Å². The van der Waals surface area contributed by atoms with E-state index in [4.69, 9.17) is 14.2 Å². The Morgan fingerprint density at radius 3 is 2.33 bits per heavy atom. The number of ether oxygens (including phenoxy) is 3. The van der Waals surface area contributed by atoms with Crippen LogP contribution in [-0.2, 0) is 23.8 Å². The summed E-state index contributed by atoms with van der Waals surface area (Å²) in [5, 5.41) is 42.5. The Morgan fingerprint density at radius 2 is 1.70 bits per heavy atom. The summed E-state index contributed by atoms with van der Waals surface area (Å²) in [4.78, 5) is 25.0. The number of hydrogen-bond donors (Lipinski definition) is 4. The number of esters is 2. The highest BCUT2D eigenvalue weighted by atomic mass is 16.6. The first-order chi connectivity index (χ1) is 12.6. The van der Waals surface area contributed by atoms with E-state index in [0.717, 1.165) is 0 Å². The second-order valence-electron chi connectivity index (χ2n) is 8.69. The van der Waals surface area contributed by atoms with Crippen LogP contribution >= 0.6 is 0 Å². The number of cyclic esters (lactones) is 1. The van der Waals surface area contributed by atoms with Gasteiger partial charge in [0.15, 0.2) is 12.2 Å². The highest BCUT2D eigenvalue weighted by molar-refractivity contribution is 5.85. The molecule has 3 fully saturated rings. The van der Waals surface area contributed by atoms with Gasteiger partial charge in [0.05, 0.1) is 18.3 Å². The molecule has 1 saturated carbocycles. The molecular formula is C18H22O9. The molecule has 0 radical (unpaired) electrons. The standard InChI is InChI=1S/C18H22O9/c1-4(19)9-5-6(8(21)15(23)26-9)17(2)12-10(7(5)20)27-16(24)18(12,3)13(22)11-14(17)25-11/h4,7-14,19-22H,1-3H3/t4-,7-,8+,9-,10+,11-,12-,13-,14-,17+,18+/m0/s1. The summed E-state index contributed by atoms with van der Waals surface area (Å²) >= 11 is 0. The van der Waals surface area contributed by atoms with Crippen LogP contribution in [0.25, 0.3) is 0 Å². The van der Waals surface area contributed by atoms with E-state index in [1.54, 1.807) is 13.8 Å². The molecule has 9 nitrogen and oxygen atoms in total. The molecule has 0 amide bonds. The van der Waals surface area contributed by atoms with Crippen molar-refractivity contribution in [2.75, 3.05) is 0 Å². The van der Waals surface area contributed by atoms with Crippen LogP contribution in [0.4, 0.5) is 0 Å². The van der Waals surface area contributed by atoms with E-state index in [2.05, 4.69) is 0 Å². The fraction of sp³-hybridized carbons (Fsp3) is 0.778. The Balaban J connectivity index is 1.79. The van der Waals surface area contributed by atoms with Crippen molar-refractivity contribution in [1.82, 2.24) is 0 Å². The van der Waals surface area contributed by atoms with Gasteiger partial charge in [0, 0.05) is 16.9 Å². The smallest absolute Gasteiger partial charge is 0.340 e. The molecule has 0 unspecified atom stereocenters. The molecule has 5 rings (SSSR count). The molecule has 0 aromatic rings. The van der Waals surface area contributed by atoms with E-state index in [1.807, 2.05) is 0 Å². The zero-order valence-corrected chi connectivity index (χ0v) is 15.0. The number of aliphatic hydroxyl groups is 4. The second kappa shape index (κ2) is 4.90. The van der Waals surface area contributed by atoms with Crippen molar-refractivity contribution in [3.63, 3.8) is 0 Å². The zero-order chi connectivity index (χ0) is 19.6. The summed E-state index contributed by atoms with van der Waals surface area (Å²) in [6, 6.07) is 0. The van der Waals surface area contributed by atoms with Crippen LogP contribution in [0.2, 0.25) is 0 Å². The van der Waals surface area contributed by atoms with Gasteiger partial charge in [-0.3, -0.25) is 4.79 Å². The SMILES string of the molecule is C[C@H](O)[C@@H]1OC(=O)[C@H](O)C2=C1[C@H](O)[C@H]1OC(=O)[C@]3(C)[C@@H]1[C@]2(C)[C@H]1O[C@H]1[C@@H]3O. The van der Waals surface area contributed by atoms with E-state index in [0.29, 0.717) is 0 Å². The summed E-state index contributed by atoms with van der Waals surface area (Å²) in [6.07, 6.45) is -8.65. The molecule has 0 bridgehead atoms. The second-order valence-corrected chi connectivity index (χ2v) is 8.69. The summed E-state index contributed by atoms with van der Waals surface area (Å²) < 4.78 is 16.4. The molecule has 5 aliphatic rings. The summed E-state index contributed by atoms with van der Waals surface area (Å²) in [7, 11) is 0. The molecule has 0 aromatic carbocycles. The number of rotatable bonds is 1. The van der Waals surface area contributed by atoms with Crippen molar-refractivity contribution in [3.8, 4) is 0 Å². The molecular weight excluding hydrogens is 360 g/mol. The molecule has 2 aliphatic carbocycles. The van der Waals surface area contributed by atoms with Gasteiger partial charge < -0.3 is 34.6 Å². The minimum absolute atomic E-state index is 0.156. The summed E-state index contributed by atoms with van der Waals surface area (Å²) in [6.45, 7) is 4.73. The number of carbonyl (C=O) groups is 2. The van der Waals surface area contributed by atoms with Gasteiger partial charge in [-0.1, -0.05) is 6.92 Å². The van der Waals surface area contributed by atoms with Gasteiger partial charge in [-0.15, -0.1) is 0 Å². The third-order valence-electron chi connectivity index (χ3n) is 7.35. The highest BCUT2D eigenvalue weighted by Gasteiger charge is 2.81. The maximum Gasteiger partial charge on any atom is 0.340 e. The molecule has 3 heterocycles. The first kappa shape index (κ1) is 17.6. The van der Waals surface area contributed by atoms with Crippen LogP contribution in [0.5, 0.6) is 0 Å². The summed E-state index contributed by atoms with van der Waals surface area (Å²) in [5.74, 6) is -2.29. The van der Waals surface area contributed by atoms with Crippen LogP contribution in [-0.4, -0.2) is 81.2 Å². The number of carbonyl (C=O) groups excluding carboxylic acids is 2. The average molecular weight is 382 g/mol. The van der Waals surface area contributed by atoms with Gasteiger partial charge >= 0.3 is 11.9 Å². The van der Waals surface area contributed by atoms with E-state index in [-0.39, 0.29) is 11.1 Å². The summed E-state index contributed by atoms with van der Waals surface area (Å²) in [5.41, 5.74) is -2.03. The van der Waals surface area contributed by atoms with Crippen LogP contribution in [0.3, 0.4) is 0 Å². The molecule has 0 spiro atoms. The minimum Gasteiger partial charge on any atom is -0.458 e. The zero-order valence-electron chi connectivity index (χ0n) is 15.0. The van der Waals surface area contributed by atoms with Crippen LogP contribution in [0, 0.1) is 16.7 Å². The van der Waals surface area contributed by atoms with E-state index in [9.17, 15) is 30.0 Å². The average Bonchev–Trinajstić information content (AvgIpc) is 3.35. The van der Waals surface area contributed by atoms with Gasteiger partial charge in [0.1, 0.15) is 23.7 Å². The maximum absolute atomic E-state index is 12.7. The fourth-order valence-corrected chi connectivity index (χ4v) is 6.14. The van der Waals surface area contributed by atoms with Crippen molar-refractivity contribution in [3.05, 3.63) is 11.1 Å². The molecule has 27 heavy (non-hydrogen) atoms. The van der Waals surface area contributed by atoms with Crippen molar-refractivity contribution >= 4 is 11.9 Å². The molecule has 11 atom stereocenters. The molecule has 4 N–H and O–H groups in total. The Kier molecular flexibility index (Phi) is 3.19. The van der Waals surface area contributed by atoms with Crippen molar-refractivity contribution in [2.45, 2.75) is 69.6 Å². The van der Waals surface area contributed by atoms with Crippen molar-refractivity contribution in [2.24, 2.45) is 16.7 Å². The quantitative estimate of drug-likeness (QED) is 0.230. The predicted molar refractivity (Wildman–Crippen MR) is 84.9 cm³/mol. The Morgan fingerprint density at radius 1 is 1.04 bits per heavy atom. The van der Waals surface area contributed by atoms with Gasteiger partial charge in [-0.05, 0) is 19.4 Å². The largest absolute Gasteiger partial charge is 0.458 e. The lowest BCUT2D eigenvalue weighted by atomic mass is 9.47. The molecule has 9 heteroatoms. The lowest BCUT2D eigenvalue weighted by Gasteiger charge is -2.55. The monoisotopic (exact) mass is 382 g/mol. The lowest BCUT2D eigenvalue weighted by molar-refractivity contribution is -0.171.